The Hall–Kier alpha value is -3.72. The SMILES string of the molecule is N#Cc1cnccc1NCc1nc2ccc(F)cc2n1-c1ccccc1. The number of benzene rings is 2. The molecule has 26 heavy (non-hydrogen) atoms. The molecule has 0 bridgehead atoms. The van der Waals surface area contributed by atoms with Gasteiger partial charge in [-0.2, -0.15) is 5.26 Å². The fourth-order valence-electron chi connectivity index (χ4n) is 2.89. The quantitative estimate of drug-likeness (QED) is 0.607. The molecule has 0 atom stereocenters. The Morgan fingerprint density at radius 1 is 1.12 bits per heavy atom. The molecule has 0 radical (unpaired) electrons. The van der Waals surface area contributed by atoms with Crippen molar-refractivity contribution < 1.29 is 4.39 Å². The van der Waals surface area contributed by atoms with Gasteiger partial charge in [0.25, 0.3) is 0 Å². The summed E-state index contributed by atoms with van der Waals surface area (Å²) < 4.78 is 15.7. The molecule has 126 valence electrons. The van der Waals surface area contributed by atoms with Crippen molar-refractivity contribution >= 4 is 16.7 Å². The maximum absolute atomic E-state index is 13.8. The molecule has 0 spiro atoms. The zero-order chi connectivity index (χ0) is 17.9. The van der Waals surface area contributed by atoms with Crippen molar-refractivity contribution in [3.05, 3.63) is 84.2 Å². The van der Waals surface area contributed by atoms with Crippen LogP contribution in [0.15, 0.2) is 67.0 Å². The minimum absolute atomic E-state index is 0.310. The average molecular weight is 343 g/mol. The van der Waals surface area contributed by atoms with Gasteiger partial charge in [0.1, 0.15) is 17.7 Å². The van der Waals surface area contributed by atoms with Gasteiger partial charge in [0.15, 0.2) is 0 Å². The normalized spacial score (nSPS) is 10.6. The first-order chi connectivity index (χ1) is 12.8. The Morgan fingerprint density at radius 2 is 1.96 bits per heavy atom. The number of nitrogens with zero attached hydrogens (tertiary/aromatic N) is 4. The summed E-state index contributed by atoms with van der Waals surface area (Å²) in [5, 5.41) is 12.4. The van der Waals surface area contributed by atoms with Crippen molar-refractivity contribution in [1.29, 1.82) is 5.26 Å². The van der Waals surface area contributed by atoms with Crippen LogP contribution in [0, 0.1) is 17.1 Å². The van der Waals surface area contributed by atoms with E-state index < -0.39 is 0 Å². The minimum atomic E-state index is -0.310. The summed E-state index contributed by atoms with van der Waals surface area (Å²) in [6.07, 6.45) is 3.14. The molecule has 0 aliphatic rings. The van der Waals surface area contributed by atoms with E-state index >= 15 is 0 Å². The molecule has 0 saturated carbocycles. The molecule has 4 aromatic rings. The molecular formula is C20H14FN5. The van der Waals surface area contributed by atoms with E-state index in [4.69, 9.17) is 0 Å². The van der Waals surface area contributed by atoms with Crippen molar-refractivity contribution in [1.82, 2.24) is 14.5 Å². The molecule has 2 aromatic heterocycles. The lowest BCUT2D eigenvalue weighted by molar-refractivity contribution is 0.629. The smallest absolute Gasteiger partial charge is 0.133 e. The lowest BCUT2D eigenvalue weighted by Crippen LogP contribution is -2.08. The van der Waals surface area contributed by atoms with Crippen LogP contribution in [0.1, 0.15) is 11.4 Å². The zero-order valence-electron chi connectivity index (χ0n) is 13.7. The number of aromatic nitrogens is 3. The molecule has 0 unspecified atom stereocenters. The van der Waals surface area contributed by atoms with Gasteiger partial charge >= 0.3 is 0 Å². The molecule has 0 aliphatic heterocycles. The highest BCUT2D eigenvalue weighted by Gasteiger charge is 2.13. The van der Waals surface area contributed by atoms with E-state index in [1.165, 1.54) is 18.3 Å². The van der Waals surface area contributed by atoms with Crippen molar-refractivity contribution in [3.63, 3.8) is 0 Å². The van der Waals surface area contributed by atoms with Gasteiger partial charge in [0.05, 0.1) is 28.8 Å². The first-order valence-electron chi connectivity index (χ1n) is 8.06. The van der Waals surface area contributed by atoms with Crippen molar-refractivity contribution in [2.75, 3.05) is 5.32 Å². The summed E-state index contributed by atoms with van der Waals surface area (Å²) in [5.74, 6) is 0.410. The number of nitrogens with one attached hydrogen (secondary N) is 1. The minimum Gasteiger partial charge on any atom is -0.377 e. The van der Waals surface area contributed by atoms with Gasteiger partial charge in [0.2, 0.25) is 0 Å². The van der Waals surface area contributed by atoms with Gasteiger partial charge in [0, 0.05) is 24.1 Å². The fourth-order valence-corrected chi connectivity index (χ4v) is 2.89. The standard InChI is InChI=1S/C20H14FN5/c21-15-6-7-18-19(10-15)26(16-4-2-1-3-5-16)20(25-18)13-24-17-8-9-23-12-14(17)11-22/h1-10,12H,13H2,(H,23,24). The van der Waals surface area contributed by atoms with Crippen molar-refractivity contribution in [3.8, 4) is 11.8 Å². The number of halogens is 1. The van der Waals surface area contributed by atoms with Crippen LogP contribution in [0.25, 0.3) is 16.7 Å². The predicted molar refractivity (Wildman–Crippen MR) is 97.3 cm³/mol. The molecule has 2 heterocycles. The van der Waals surface area contributed by atoms with E-state index in [1.807, 2.05) is 34.9 Å². The Kier molecular flexibility index (Phi) is 4.04. The summed E-state index contributed by atoms with van der Waals surface area (Å²) in [4.78, 5) is 8.59. The van der Waals surface area contributed by atoms with Crippen LogP contribution in [-0.4, -0.2) is 14.5 Å². The van der Waals surface area contributed by atoms with E-state index in [-0.39, 0.29) is 5.82 Å². The van der Waals surface area contributed by atoms with E-state index in [0.717, 1.165) is 11.5 Å². The van der Waals surface area contributed by atoms with Crippen LogP contribution >= 0.6 is 0 Å². The molecule has 5 nitrogen and oxygen atoms in total. The third-order valence-corrected chi connectivity index (χ3v) is 4.08. The Balaban J connectivity index is 1.78. The summed E-state index contributed by atoms with van der Waals surface area (Å²) in [6.45, 7) is 0.379. The molecule has 2 aromatic carbocycles. The Morgan fingerprint density at radius 3 is 2.77 bits per heavy atom. The number of anilines is 1. The third kappa shape index (κ3) is 2.87. The second kappa shape index (κ2) is 6.65. The van der Waals surface area contributed by atoms with E-state index in [1.54, 1.807) is 18.3 Å². The highest BCUT2D eigenvalue weighted by molar-refractivity contribution is 5.78. The number of imidazole rings is 1. The van der Waals surface area contributed by atoms with Crippen LogP contribution in [0.5, 0.6) is 0 Å². The summed E-state index contributed by atoms with van der Waals surface area (Å²) in [5.41, 5.74) is 3.44. The van der Waals surface area contributed by atoms with Crippen LogP contribution in [0.2, 0.25) is 0 Å². The second-order valence-corrected chi connectivity index (χ2v) is 5.72. The Bertz CT molecular complexity index is 1110. The molecule has 0 aliphatic carbocycles. The van der Waals surface area contributed by atoms with Gasteiger partial charge in [-0.05, 0) is 30.3 Å². The van der Waals surface area contributed by atoms with Gasteiger partial charge in [-0.3, -0.25) is 9.55 Å². The zero-order valence-corrected chi connectivity index (χ0v) is 13.7. The van der Waals surface area contributed by atoms with Crippen LogP contribution in [-0.2, 0) is 6.54 Å². The number of hydrogen-bond acceptors (Lipinski definition) is 4. The predicted octanol–water partition coefficient (Wildman–Crippen LogP) is 4.04. The van der Waals surface area contributed by atoms with E-state index in [9.17, 15) is 9.65 Å². The summed E-state index contributed by atoms with van der Waals surface area (Å²) >= 11 is 0. The largest absolute Gasteiger partial charge is 0.377 e. The van der Waals surface area contributed by atoms with Gasteiger partial charge < -0.3 is 5.32 Å². The highest BCUT2D eigenvalue weighted by Crippen LogP contribution is 2.23. The van der Waals surface area contributed by atoms with Crippen molar-refractivity contribution in [2.45, 2.75) is 6.54 Å². The molecule has 0 amide bonds. The number of pyridine rings is 1. The van der Waals surface area contributed by atoms with Crippen LogP contribution in [0.3, 0.4) is 0 Å². The molecule has 6 heteroatoms. The number of hydrogen-bond donors (Lipinski definition) is 1. The maximum Gasteiger partial charge on any atom is 0.133 e. The maximum atomic E-state index is 13.8. The highest BCUT2D eigenvalue weighted by atomic mass is 19.1. The van der Waals surface area contributed by atoms with E-state index in [0.29, 0.717) is 28.8 Å². The van der Waals surface area contributed by atoms with E-state index in [2.05, 4.69) is 21.4 Å². The molecule has 0 fully saturated rings. The number of fused-ring (bicyclic) bond motifs is 1. The topological polar surface area (TPSA) is 66.5 Å². The van der Waals surface area contributed by atoms with Gasteiger partial charge in [-0.25, -0.2) is 9.37 Å². The van der Waals surface area contributed by atoms with Gasteiger partial charge in [-0.1, -0.05) is 18.2 Å². The molecule has 0 saturated heterocycles. The average Bonchev–Trinajstić information content (AvgIpc) is 3.04. The molecule has 1 N–H and O–H groups in total. The number of nitriles is 1. The second-order valence-electron chi connectivity index (χ2n) is 5.72. The van der Waals surface area contributed by atoms with Crippen molar-refractivity contribution in [2.24, 2.45) is 0 Å². The van der Waals surface area contributed by atoms with Crippen LogP contribution in [0.4, 0.5) is 10.1 Å². The monoisotopic (exact) mass is 343 g/mol. The third-order valence-electron chi connectivity index (χ3n) is 4.08. The Labute approximate surface area is 149 Å². The lowest BCUT2D eigenvalue weighted by Gasteiger charge is -2.11. The fraction of sp³-hybridized carbons (Fsp3) is 0.0500. The first kappa shape index (κ1) is 15.8. The number of rotatable bonds is 4. The number of para-hydroxylation sites is 1. The van der Waals surface area contributed by atoms with Gasteiger partial charge in [-0.15, -0.1) is 0 Å². The molecular weight excluding hydrogens is 329 g/mol. The first-order valence-corrected chi connectivity index (χ1v) is 8.06. The van der Waals surface area contributed by atoms with Crippen LogP contribution < -0.4 is 5.32 Å². The lowest BCUT2D eigenvalue weighted by atomic mass is 10.2. The summed E-state index contributed by atoms with van der Waals surface area (Å²) in [7, 11) is 0. The summed E-state index contributed by atoms with van der Waals surface area (Å²) in [6, 6.07) is 18.1. The molecule has 4 rings (SSSR count).